The van der Waals surface area contributed by atoms with E-state index < -0.39 is 17.1 Å². The highest BCUT2D eigenvalue weighted by Crippen LogP contribution is 2.37. The predicted molar refractivity (Wildman–Crippen MR) is 76.5 cm³/mol. The van der Waals surface area contributed by atoms with E-state index >= 15 is 0 Å². The van der Waals surface area contributed by atoms with Gasteiger partial charge in [-0.1, -0.05) is 24.4 Å². The third-order valence-electron chi connectivity index (χ3n) is 3.55. The molecule has 0 bridgehead atoms. The number of amides is 1. The molecule has 2 atom stereocenters. The minimum absolute atomic E-state index is 0.173. The van der Waals surface area contributed by atoms with Crippen LogP contribution in [-0.2, 0) is 14.3 Å². The number of hydrogen-bond acceptors (Lipinski definition) is 4. The van der Waals surface area contributed by atoms with E-state index in [0.29, 0.717) is 6.42 Å². The van der Waals surface area contributed by atoms with E-state index in [0.717, 1.165) is 19.3 Å². The van der Waals surface area contributed by atoms with Gasteiger partial charge in [0.25, 0.3) is 0 Å². The fraction of sp³-hybridized carbons (Fsp3) is 0.857. The molecule has 0 spiro atoms. The summed E-state index contributed by atoms with van der Waals surface area (Å²) in [4.78, 5) is 24.0. The molecule has 1 aliphatic rings. The van der Waals surface area contributed by atoms with Gasteiger partial charge in [0.15, 0.2) is 6.07 Å². The molecule has 1 rings (SSSR count). The van der Waals surface area contributed by atoms with Gasteiger partial charge in [0.05, 0.1) is 5.41 Å². The number of hydrogen-bond donors (Lipinski definition) is 1. The first-order chi connectivity index (χ1) is 9.19. The molecule has 0 aromatic carbocycles. The Bertz CT molecular complexity index is 367. The van der Waals surface area contributed by atoms with Crippen molar-refractivity contribution in [2.75, 3.05) is 6.07 Å². The topological polar surface area (TPSA) is 64.6 Å². The SMILES string of the molecule is CC(C)(C)OC(=O)NC1CCCCC1(C)C(=O)OCCl. The number of alkyl halides is 1. The van der Waals surface area contributed by atoms with Crippen molar-refractivity contribution in [3.8, 4) is 0 Å². The van der Waals surface area contributed by atoms with E-state index in [1.165, 1.54) is 0 Å². The second-order valence-electron chi connectivity index (χ2n) is 6.40. The highest BCUT2D eigenvalue weighted by molar-refractivity contribution is 6.17. The van der Waals surface area contributed by atoms with Crippen LogP contribution in [0.3, 0.4) is 0 Å². The molecule has 2 unspecified atom stereocenters. The van der Waals surface area contributed by atoms with Gasteiger partial charge in [-0.2, -0.15) is 0 Å². The van der Waals surface area contributed by atoms with Gasteiger partial charge in [0.1, 0.15) is 5.60 Å². The summed E-state index contributed by atoms with van der Waals surface area (Å²) in [5.74, 6) is -0.367. The van der Waals surface area contributed by atoms with E-state index in [4.69, 9.17) is 21.1 Å². The molecule has 116 valence electrons. The molecule has 6 heteroatoms. The number of ether oxygens (including phenoxy) is 2. The van der Waals surface area contributed by atoms with E-state index in [1.54, 1.807) is 20.8 Å². The Morgan fingerprint density at radius 2 is 2.00 bits per heavy atom. The van der Waals surface area contributed by atoms with Crippen molar-refractivity contribution in [3.05, 3.63) is 0 Å². The van der Waals surface area contributed by atoms with Crippen LogP contribution in [0.5, 0.6) is 0 Å². The molecule has 0 radical (unpaired) electrons. The molecule has 0 aromatic heterocycles. The van der Waals surface area contributed by atoms with E-state index in [9.17, 15) is 9.59 Å². The maximum absolute atomic E-state index is 12.1. The van der Waals surface area contributed by atoms with Gasteiger partial charge in [-0.3, -0.25) is 4.79 Å². The summed E-state index contributed by atoms with van der Waals surface area (Å²) in [6.45, 7) is 7.21. The molecule has 1 N–H and O–H groups in total. The average molecular weight is 306 g/mol. The van der Waals surface area contributed by atoms with Crippen molar-refractivity contribution in [1.29, 1.82) is 0 Å². The molecule has 1 amide bonds. The first kappa shape index (κ1) is 17.1. The van der Waals surface area contributed by atoms with Gasteiger partial charge in [-0.25, -0.2) is 4.79 Å². The Morgan fingerprint density at radius 1 is 1.35 bits per heavy atom. The predicted octanol–water partition coefficient (Wildman–Crippen LogP) is 3.20. The Kier molecular flexibility index (Phi) is 5.68. The zero-order valence-electron chi connectivity index (χ0n) is 12.6. The van der Waals surface area contributed by atoms with Crippen molar-refractivity contribution in [2.45, 2.75) is 65.0 Å². The normalized spacial score (nSPS) is 26.8. The van der Waals surface area contributed by atoms with Crippen LogP contribution >= 0.6 is 11.6 Å². The number of halogens is 1. The number of esters is 1. The van der Waals surface area contributed by atoms with Crippen LogP contribution in [0.25, 0.3) is 0 Å². The summed E-state index contributed by atoms with van der Waals surface area (Å²) < 4.78 is 10.2. The molecule has 5 nitrogen and oxygen atoms in total. The van der Waals surface area contributed by atoms with Crippen LogP contribution in [0.4, 0.5) is 4.79 Å². The number of nitrogens with one attached hydrogen (secondary N) is 1. The third-order valence-corrected chi connectivity index (χ3v) is 3.66. The molecule has 1 fully saturated rings. The van der Waals surface area contributed by atoms with Crippen LogP contribution in [0.2, 0.25) is 0 Å². The van der Waals surface area contributed by atoms with Crippen LogP contribution in [0, 0.1) is 5.41 Å². The van der Waals surface area contributed by atoms with Crippen molar-refractivity contribution in [2.24, 2.45) is 5.41 Å². The number of rotatable bonds is 3. The molecular formula is C14H24ClNO4. The van der Waals surface area contributed by atoms with Gasteiger partial charge in [0, 0.05) is 6.04 Å². The molecule has 0 saturated heterocycles. The summed E-state index contributed by atoms with van der Waals surface area (Å²) in [6, 6.07) is -0.463. The quantitative estimate of drug-likeness (QED) is 0.642. The second-order valence-corrected chi connectivity index (χ2v) is 6.62. The minimum atomic E-state index is -0.746. The maximum atomic E-state index is 12.1. The average Bonchev–Trinajstić information content (AvgIpc) is 2.30. The van der Waals surface area contributed by atoms with Gasteiger partial charge < -0.3 is 14.8 Å². The maximum Gasteiger partial charge on any atom is 0.407 e. The number of alkyl carbamates (subject to hydrolysis) is 1. The Labute approximate surface area is 125 Å². The van der Waals surface area contributed by atoms with Gasteiger partial charge in [0.2, 0.25) is 0 Å². The Morgan fingerprint density at radius 3 is 2.55 bits per heavy atom. The van der Waals surface area contributed by atoms with Crippen LogP contribution in [-0.4, -0.2) is 29.8 Å². The molecular weight excluding hydrogens is 282 g/mol. The lowest BCUT2D eigenvalue weighted by atomic mass is 9.71. The zero-order valence-corrected chi connectivity index (χ0v) is 13.4. The first-order valence-corrected chi connectivity index (χ1v) is 7.45. The first-order valence-electron chi connectivity index (χ1n) is 6.92. The smallest absolute Gasteiger partial charge is 0.407 e. The molecule has 1 saturated carbocycles. The minimum Gasteiger partial charge on any atom is -0.449 e. The second kappa shape index (κ2) is 6.66. The van der Waals surface area contributed by atoms with Crippen LogP contribution in [0.1, 0.15) is 53.4 Å². The summed E-state index contributed by atoms with van der Waals surface area (Å²) >= 11 is 5.46. The highest BCUT2D eigenvalue weighted by atomic mass is 35.5. The number of carbonyl (C=O) groups is 2. The molecule has 0 aromatic rings. The van der Waals surface area contributed by atoms with Crippen molar-refractivity contribution in [3.63, 3.8) is 0 Å². The lowest BCUT2D eigenvalue weighted by Crippen LogP contribution is -2.53. The Balaban J connectivity index is 2.74. The van der Waals surface area contributed by atoms with Crippen LogP contribution in [0.15, 0.2) is 0 Å². The van der Waals surface area contributed by atoms with Gasteiger partial charge >= 0.3 is 12.1 Å². The van der Waals surface area contributed by atoms with Crippen molar-refractivity contribution in [1.82, 2.24) is 5.32 Å². The summed E-state index contributed by atoms with van der Waals surface area (Å²) in [5.41, 5.74) is -1.31. The molecule has 0 heterocycles. The fourth-order valence-corrected chi connectivity index (χ4v) is 2.57. The van der Waals surface area contributed by atoms with E-state index in [-0.39, 0.29) is 18.1 Å². The Hall–Kier alpha value is -0.970. The number of carbonyl (C=O) groups excluding carboxylic acids is 2. The van der Waals surface area contributed by atoms with Crippen LogP contribution < -0.4 is 5.32 Å². The van der Waals surface area contributed by atoms with Crippen molar-refractivity contribution >= 4 is 23.7 Å². The van der Waals surface area contributed by atoms with E-state index in [2.05, 4.69) is 5.32 Å². The summed E-state index contributed by atoms with van der Waals surface area (Å²) in [5, 5.41) is 2.80. The van der Waals surface area contributed by atoms with E-state index in [1.807, 2.05) is 6.92 Å². The monoisotopic (exact) mass is 305 g/mol. The van der Waals surface area contributed by atoms with Gasteiger partial charge in [-0.15, -0.1) is 0 Å². The van der Waals surface area contributed by atoms with Gasteiger partial charge in [-0.05, 0) is 40.5 Å². The standard InChI is InChI=1S/C14H24ClNO4/c1-13(2,3)20-12(18)16-10-7-5-6-8-14(10,4)11(17)19-9-15/h10H,5-9H2,1-4H3,(H,16,18). The largest absolute Gasteiger partial charge is 0.449 e. The fourth-order valence-electron chi connectivity index (χ4n) is 2.47. The molecule has 20 heavy (non-hydrogen) atoms. The van der Waals surface area contributed by atoms with Crippen molar-refractivity contribution < 1.29 is 19.1 Å². The molecule has 0 aliphatic heterocycles. The third kappa shape index (κ3) is 4.54. The highest BCUT2D eigenvalue weighted by Gasteiger charge is 2.45. The molecule has 1 aliphatic carbocycles. The lowest BCUT2D eigenvalue weighted by Gasteiger charge is -2.39. The zero-order chi connectivity index (χ0) is 15.4. The summed E-state index contributed by atoms with van der Waals surface area (Å²) in [7, 11) is 0. The lowest BCUT2D eigenvalue weighted by molar-refractivity contribution is -0.156. The summed E-state index contributed by atoms with van der Waals surface area (Å²) in [6.07, 6.45) is 2.79.